The third kappa shape index (κ3) is 2.96. The van der Waals surface area contributed by atoms with Crippen LogP contribution in [0.2, 0.25) is 0 Å². The zero-order valence-corrected chi connectivity index (χ0v) is 13.4. The van der Waals surface area contributed by atoms with Gasteiger partial charge in [0.2, 0.25) is 0 Å². The Hall–Kier alpha value is -1.55. The number of rotatable bonds is 5. The van der Waals surface area contributed by atoms with Crippen molar-refractivity contribution in [1.82, 2.24) is 9.88 Å². The topological polar surface area (TPSA) is 34.0 Å². The number of amides is 1. The zero-order chi connectivity index (χ0) is 14.7. The van der Waals surface area contributed by atoms with Gasteiger partial charge in [0.25, 0.3) is 5.91 Å². The van der Waals surface area contributed by atoms with Gasteiger partial charge in [-0.2, -0.15) is 0 Å². The molecular weight excluding hydrogens is 268 g/mol. The van der Waals surface area contributed by atoms with Crippen molar-refractivity contribution in [2.45, 2.75) is 46.6 Å². The normalized spacial score (nSPS) is 12.4. The van der Waals surface area contributed by atoms with Crippen LogP contribution in [0.15, 0.2) is 24.5 Å². The van der Waals surface area contributed by atoms with Crippen molar-refractivity contribution >= 4 is 17.2 Å². The molecule has 1 atom stereocenters. The second-order valence-corrected chi connectivity index (χ2v) is 6.42. The van der Waals surface area contributed by atoms with Crippen molar-refractivity contribution in [1.29, 1.82) is 0 Å². The Kier molecular flexibility index (Phi) is 4.65. The van der Waals surface area contributed by atoms with Crippen LogP contribution in [0.1, 0.15) is 47.5 Å². The minimum absolute atomic E-state index is 0.0384. The number of carbonyl (C=O) groups is 1. The van der Waals surface area contributed by atoms with E-state index in [-0.39, 0.29) is 11.9 Å². The minimum Gasteiger partial charge on any atom is -0.349 e. The number of carbonyl (C=O) groups excluding carboxylic acids is 1. The summed E-state index contributed by atoms with van der Waals surface area (Å²) in [5.74, 6) is 0.0384. The first kappa shape index (κ1) is 14.9. The highest BCUT2D eigenvalue weighted by molar-refractivity contribution is 7.15. The van der Waals surface area contributed by atoms with Crippen molar-refractivity contribution in [3.8, 4) is 5.00 Å². The predicted octanol–water partition coefficient (Wildman–Crippen LogP) is 4.07. The molecule has 0 radical (unpaired) electrons. The fourth-order valence-corrected chi connectivity index (χ4v) is 3.45. The van der Waals surface area contributed by atoms with E-state index in [1.54, 1.807) is 11.3 Å². The summed E-state index contributed by atoms with van der Waals surface area (Å²) in [6.07, 6.45) is 6.05. The number of aryl methyl sites for hydroxylation is 1. The number of nitrogens with zero attached hydrogens (tertiary/aromatic N) is 1. The monoisotopic (exact) mass is 290 g/mol. The van der Waals surface area contributed by atoms with Crippen LogP contribution >= 0.6 is 11.3 Å². The molecule has 0 aliphatic rings. The summed E-state index contributed by atoms with van der Waals surface area (Å²) >= 11 is 1.67. The highest BCUT2D eigenvalue weighted by atomic mass is 32.1. The summed E-state index contributed by atoms with van der Waals surface area (Å²) in [4.78, 5) is 13.8. The summed E-state index contributed by atoms with van der Waals surface area (Å²) in [5.41, 5.74) is 1.89. The van der Waals surface area contributed by atoms with E-state index in [2.05, 4.69) is 26.1 Å². The molecule has 0 aliphatic carbocycles. The lowest BCUT2D eigenvalue weighted by Crippen LogP contribution is -2.33. The Morgan fingerprint density at radius 3 is 2.60 bits per heavy atom. The van der Waals surface area contributed by atoms with E-state index in [1.165, 1.54) is 4.88 Å². The van der Waals surface area contributed by atoms with E-state index >= 15 is 0 Å². The highest BCUT2D eigenvalue weighted by Crippen LogP contribution is 2.31. The second kappa shape index (κ2) is 6.27. The summed E-state index contributed by atoms with van der Waals surface area (Å²) in [6, 6.07) is 4.17. The maximum absolute atomic E-state index is 12.6. The van der Waals surface area contributed by atoms with Gasteiger partial charge in [0.1, 0.15) is 5.00 Å². The van der Waals surface area contributed by atoms with Crippen LogP contribution in [0, 0.1) is 13.8 Å². The molecule has 0 aliphatic heterocycles. The third-order valence-electron chi connectivity index (χ3n) is 3.53. The summed E-state index contributed by atoms with van der Waals surface area (Å²) in [6.45, 7) is 8.29. The largest absolute Gasteiger partial charge is 0.349 e. The Balaban J connectivity index is 2.33. The molecule has 0 spiro atoms. The first-order chi connectivity index (χ1) is 9.54. The van der Waals surface area contributed by atoms with Crippen LogP contribution in [0.25, 0.3) is 5.00 Å². The molecule has 1 N–H and O–H groups in total. The first-order valence-electron chi connectivity index (χ1n) is 7.08. The van der Waals surface area contributed by atoms with Crippen molar-refractivity contribution in [3.63, 3.8) is 0 Å². The average molecular weight is 290 g/mol. The van der Waals surface area contributed by atoms with Gasteiger partial charge in [-0.15, -0.1) is 11.3 Å². The van der Waals surface area contributed by atoms with E-state index in [1.807, 2.05) is 36.0 Å². The van der Waals surface area contributed by atoms with Gasteiger partial charge in [-0.1, -0.05) is 13.3 Å². The Labute approximate surface area is 124 Å². The number of hydrogen-bond donors (Lipinski definition) is 1. The van der Waals surface area contributed by atoms with Crippen LogP contribution < -0.4 is 5.32 Å². The SMILES string of the molecule is CCC[C@H](C)NC(=O)c1c(-n2cccc2)sc(C)c1C. The maximum atomic E-state index is 12.6. The lowest BCUT2D eigenvalue weighted by molar-refractivity contribution is 0.0938. The smallest absolute Gasteiger partial charge is 0.254 e. The van der Waals surface area contributed by atoms with E-state index in [4.69, 9.17) is 0 Å². The zero-order valence-electron chi connectivity index (χ0n) is 12.6. The van der Waals surface area contributed by atoms with Crippen LogP contribution in [0.4, 0.5) is 0 Å². The van der Waals surface area contributed by atoms with Crippen LogP contribution in [0.5, 0.6) is 0 Å². The van der Waals surface area contributed by atoms with Crippen molar-refractivity contribution in [3.05, 3.63) is 40.5 Å². The Morgan fingerprint density at radius 2 is 2.00 bits per heavy atom. The van der Waals surface area contributed by atoms with Gasteiger partial charge in [0.15, 0.2) is 0 Å². The molecule has 0 bridgehead atoms. The molecule has 1 amide bonds. The lowest BCUT2D eigenvalue weighted by Gasteiger charge is -2.14. The molecule has 20 heavy (non-hydrogen) atoms. The fraction of sp³-hybridized carbons (Fsp3) is 0.438. The molecular formula is C16H22N2OS. The molecule has 2 heterocycles. The second-order valence-electron chi connectivity index (χ2n) is 5.22. The maximum Gasteiger partial charge on any atom is 0.254 e. The van der Waals surface area contributed by atoms with Gasteiger partial charge in [-0.25, -0.2) is 0 Å². The molecule has 0 fully saturated rings. The molecule has 2 aromatic heterocycles. The van der Waals surface area contributed by atoms with Crippen molar-refractivity contribution in [2.24, 2.45) is 0 Å². The number of aromatic nitrogens is 1. The molecule has 0 unspecified atom stereocenters. The van der Waals surface area contributed by atoms with Crippen LogP contribution in [-0.4, -0.2) is 16.5 Å². The molecule has 3 nitrogen and oxygen atoms in total. The van der Waals surface area contributed by atoms with Crippen molar-refractivity contribution < 1.29 is 4.79 Å². The molecule has 0 saturated carbocycles. The van der Waals surface area contributed by atoms with Crippen molar-refractivity contribution in [2.75, 3.05) is 0 Å². The molecule has 2 aromatic rings. The van der Waals surface area contributed by atoms with E-state index in [9.17, 15) is 4.79 Å². The fourth-order valence-electron chi connectivity index (χ4n) is 2.33. The summed E-state index contributed by atoms with van der Waals surface area (Å²) in [7, 11) is 0. The first-order valence-corrected chi connectivity index (χ1v) is 7.90. The summed E-state index contributed by atoms with van der Waals surface area (Å²) in [5, 5.41) is 4.11. The lowest BCUT2D eigenvalue weighted by atomic mass is 10.1. The average Bonchev–Trinajstić information content (AvgIpc) is 2.99. The molecule has 4 heteroatoms. The predicted molar refractivity (Wildman–Crippen MR) is 85.0 cm³/mol. The third-order valence-corrected chi connectivity index (χ3v) is 4.75. The Morgan fingerprint density at radius 1 is 1.35 bits per heavy atom. The highest BCUT2D eigenvalue weighted by Gasteiger charge is 2.21. The van der Waals surface area contributed by atoms with Gasteiger partial charge in [-0.3, -0.25) is 4.79 Å². The molecule has 0 aromatic carbocycles. The quantitative estimate of drug-likeness (QED) is 0.884. The van der Waals surface area contributed by atoms with Gasteiger partial charge in [0, 0.05) is 23.3 Å². The van der Waals surface area contributed by atoms with Crippen LogP contribution in [0.3, 0.4) is 0 Å². The van der Waals surface area contributed by atoms with Gasteiger partial charge in [-0.05, 0) is 44.9 Å². The Bertz CT molecular complexity index is 584. The van der Waals surface area contributed by atoms with E-state index in [0.29, 0.717) is 0 Å². The molecule has 2 rings (SSSR count). The van der Waals surface area contributed by atoms with Gasteiger partial charge in [0.05, 0.1) is 5.56 Å². The van der Waals surface area contributed by atoms with E-state index in [0.717, 1.165) is 29.0 Å². The number of thiophene rings is 1. The van der Waals surface area contributed by atoms with E-state index < -0.39 is 0 Å². The molecule has 108 valence electrons. The standard InChI is InChI=1S/C16H22N2OS/c1-5-8-11(2)17-15(19)14-12(3)13(4)20-16(14)18-9-6-7-10-18/h6-7,9-11H,5,8H2,1-4H3,(H,17,19)/t11-/m0/s1. The number of nitrogens with one attached hydrogen (secondary N) is 1. The van der Waals surface area contributed by atoms with Gasteiger partial charge >= 0.3 is 0 Å². The molecule has 0 saturated heterocycles. The minimum atomic E-state index is 0.0384. The van der Waals surface area contributed by atoms with Crippen LogP contribution in [-0.2, 0) is 0 Å². The number of hydrogen-bond acceptors (Lipinski definition) is 2. The summed E-state index contributed by atoms with van der Waals surface area (Å²) < 4.78 is 2.02. The van der Waals surface area contributed by atoms with Gasteiger partial charge < -0.3 is 9.88 Å².